The second-order valence-corrected chi connectivity index (χ2v) is 29.8. The summed E-state index contributed by atoms with van der Waals surface area (Å²) in [6.07, 6.45) is 19.3. The molecule has 3 atom stereocenters. The molecule has 0 spiro atoms. The lowest BCUT2D eigenvalue weighted by molar-refractivity contribution is -0.144. The molecule has 3 heterocycles. The quantitative estimate of drug-likeness (QED) is 0.00526. The van der Waals surface area contributed by atoms with Crippen LogP contribution in [-0.2, 0) is 85.6 Å². The summed E-state index contributed by atoms with van der Waals surface area (Å²) in [6.45, 7) is 22.0. The van der Waals surface area contributed by atoms with Crippen molar-refractivity contribution < 1.29 is 159 Å². The minimum Gasteiger partial charge on any atom is -0.508 e. The molecule has 33 nitrogen and oxygen atoms in total. The SMILES string of the molecule is C.C=CC(=O)Cl.C=CC(=O)OCCOCCOCCOc1ccc(O)cc1.C=CC(=O)OCCOCCOCCOc1ccc(OC2CCCCO2)cc1.Cl.O=Cc1cc(OCC2CCC(C(=O)O)CC2)ccc1OCC1CCC(C(=O)O)CC1.OCCOCCOCCCl.OCCOCCOCCOc1ccc(OC2CCCCO2)cc1.Oc1ccc(OC2CCCCO2)cc1. The van der Waals surface area contributed by atoms with E-state index in [0.717, 1.165) is 157 Å². The fourth-order valence-electron chi connectivity index (χ4n) is 12.2. The summed E-state index contributed by atoms with van der Waals surface area (Å²) in [5, 5.41) is 52.7. The zero-order chi connectivity index (χ0) is 93.9. The summed E-state index contributed by atoms with van der Waals surface area (Å²) < 4.78 is 113. The Labute approximate surface area is 792 Å². The van der Waals surface area contributed by atoms with Gasteiger partial charge in [0, 0.05) is 37.3 Å². The topological polar surface area (TPSA) is 418 Å². The van der Waals surface area contributed by atoms with E-state index in [9.17, 15) is 28.8 Å². The monoisotopic (exact) mass is 1920 g/mol. The van der Waals surface area contributed by atoms with E-state index in [1.165, 1.54) is 0 Å². The molecular formula is C96H139Cl3O33. The largest absolute Gasteiger partial charge is 0.508 e. The highest BCUT2D eigenvalue weighted by atomic mass is 35.5. The van der Waals surface area contributed by atoms with Crippen molar-refractivity contribution in [1.29, 1.82) is 0 Å². The smallest absolute Gasteiger partial charge is 0.330 e. The van der Waals surface area contributed by atoms with Crippen LogP contribution in [0.3, 0.4) is 0 Å². The van der Waals surface area contributed by atoms with E-state index in [2.05, 4.69) is 19.7 Å². The highest BCUT2D eigenvalue weighted by molar-refractivity contribution is 6.66. The average molecular weight is 1930 g/mol. The summed E-state index contributed by atoms with van der Waals surface area (Å²) in [7, 11) is 0. The molecule has 3 aliphatic heterocycles. The summed E-state index contributed by atoms with van der Waals surface area (Å²) in [5.74, 6) is 4.43. The van der Waals surface area contributed by atoms with Crippen LogP contribution in [0.4, 0.5) is 0 Å². The van der Waals surface area contributed by atoms with Crippen molar-refractivity contribution in [2.45, 2.75) is 135 Å². The zero-order valence-corrected chi connectivity index (χ0v) is 77.2. The first-order valence-electron chi connectivity index (χ1n) is 44.0. The van der Waals surface area contributed by atoms with E-state index in [1.54, 1.807) is 66.7 Å². The van der Waals surface area contributed by atoms with Gasteiger partial charge in [-0.1, -0.05) is 27.2 Å². The van der Waals surface area contributed by atoms with Gasteiger partial charge in [-0.25, -0.2) is 9.59 Å². The normalized spacial score (nSPS) is 17.5. The molecule has 0 bridgehead atoms. The minimum atomic E-state index is -0.719. The average Bonchev–Trinajstić information content (AvgIpc) is 0.852. The number of allylic oxidation sites excluding steroid dienone is 1. The van der Waals surface area contributed by atoms with Crippen molar-refractivity contribution in [3.05, 3.63) is 159 Å². The molecule has 36 heteroatoms. The Kier molecular flexibility index (Phi) is 71.5. The molecule has 2 saturated carbocycles. The lowest BCUT2D eigenvalue weighted by atomic mass is 9.82. The third-order valence-electron chi connectivity index (χ3n) is 19.1. The summed E-state index contributed by atoms with van der Waals surface area (Å²) in [6, 6.07) is 33.4. The Bertz CT molecular complexity index is 3730. The summed E-state index contributed by atoms with van der Waals surface area (Å²) in [5.41, 5.74) is 0.432. The molecule has 0 radical (unpaired) electrons. The molecular weight excluding hydrogens is 1790 g/mol. The van der Waals surface area contributed by atoms with Crippen LogP contribution >= 0.6 is 35.6 Å². The number of alkyl halides is 1. The number of phenols is 2. The van der Waals surface area contributed by atoms with E-state index >= 15 is 0 Å². The number of aldehydes is 1. The van der Waals surface area contributed by atoms with Gasteiger partial charge < -0.3 is 130 Å². The first kappa shape index (κ1) is 119. The molecule has 2 aliphatic carbocycles. The predicted octanol–water partition coefficient (Wildman–Crippen LogP) is 14.8. The third kappa shape index (κ3) is 60.9. The summed E-state index contributed by atoms with van der Waals surface area (Å²) >= 11 is 10.0. The van der Waals surface area contributed by atoms with Crippen molar-refractivity contribution in [2.75, 3.05) is 191 Å². The number of ether oxygens (including phenoxy) is 21. The lowest BCUT2D eigenvalue weighted by Gasteiger charge is -2.26. The van der Waals surface area contributed by atoms with Crippen LogP contribution in [0.5, 0.6) is 57.5 Å². The minimum absolute atomic E-state index is 0. The van der Waals surface area contributed by atoms with Gasteiger partial charge in [0.2, 0.25) is 5.24 Å². The number of carboxylic acid groups (broad SMARTS) is 2. The maximum atomic E-state index is 11.5. The number of carboxylic acids is 2. The molecule has 5 aliphatic rings. The third-order valence-corrected chi connectivity index (χ3v) is 19.4. The maximum Gasteiger partial charge on any atom is 0.330 e. The Hall–Kier alpha value is -9.11. The number of carbonyl (C=O) groups is 6. The Balaban J connectivity index is 0.000000542. The van der Waals surface area contributed by atoms with Crippen LogP contribution in [-0.4, -0.2) is 276 Å². The number of aliphatic hydroxyl groups excluding tert-OH is 2. The van der Waals surface area contributed by atoms with Crippen molar-refractivity contribution in [3.63, 3.8) is 0 Å². The number of phenolic OH excluding ortho intramolecular Hbond substituents is 2. The summed E-state index contributed by atoms with van der Waals surface area (Å²) in [4.78, 5) is 64.5. The van der Waals surface area contributed by atoms with Crippen LogP contribution in [0.25, 0.3) is 0 Å². The van der Waals surface area contributed by atoms with Crippen LogP contribution in [0.15, 0.2) is 153 Å². The van der Waals surface area contributed by atoms with Crippen LogP contribution in [0, 0.1) is 23.7 Å². The first-order chi connectivity index (χ1) is 63.4. The van der Waals surface area contributed by atoms with Gasteiger partial charge in [-0.05, 0) is 235 Å². The number of carbonyl (C=O) groups excluding carboxylic acids is 4. The van der Waals surface area contributed by atoms with E-state index < -0.39 is 29.1 Å². The predicted molar refractivity (Wildman–Crippen MR) is 496 cm³/mol. The van der Waals surface area contributed by atoms with E-state index in [1.807, 2.05) is 48.5 Å². The second kappa shape index (κ2) is 79.3. The molecule has 0 aromatic heterocycles. The standard InChI is InChI=1S/C23H30O7.C20H28O7.C17H26O6.C15H20O6.C11H14O3.C6H13ClO3.C3H3ClO.CH4.ClH/c24-12-19-11-20(29-13-15-1-5-17(6-2-15)22(25)26)9-10-21(19)30-14-16-3-7-18(8-4-16)23(27)28;1-2-19(21)25-16-14-23-12-11-22-13-15-24-17-6-8-18(9-7-17)27-20-5-3-4-10-26-20;18-8-10-19-11-12-20-13-14-21-15-4-6-16(7-5-15)23-17-3-1-2-9-22-17;1-2-15(17)21-12-10-19-8-7-18-9-11-20-14-5-3-13(16)4-6-14;12-9-4-6-10(7-5-9)14-11-3-1-2-8-13-11;7-1-3-9-5-6-10-4-2-8;1-2-3(4)5;;/h9-12,15-18H,1-8,13-14H2,(H,25,26)(H,27,28);2,6-9,20H,1,3-5,10-16H2;4-7,17-18H,1-3,8-14H2;2-6,16H,1,7-12H2;4-7,11-12H,1-3,8H2;8H,1-6H2;2H,1H2;1H4;1H. The molecule has 6 N–H and O–H groups in total. The molecule has 0 amide bonds. The number of halogens is 3. The number of esters is 2. The molecule has 3 saturated heterocycles. The number of benzene rings is 5. The van der Waals surface area contributed by atoms with E-state index in [0.29, 0.717) is 205 Å². The van der Waals surface area contributed by atoms with E-state index in [4.69, 9.17) is 153 Å². The van der Waals surface area contributed by atoms with Crippen LogP contribution in [0.1, 0.15) is 127 Å². The Morgan fingerprint density at radius 3 is 0.970 bits per heavy atom. The maximum absolute atomic E-state index is 11.5. The first-order valence-corrected chi connectivity index (χ1v) is 44.9. The second-order valence-electron chi connectivity index (χ2n) is 29.1. The number of aromatic hydroxyl groups is 2. The van der Waals surface area contributed by atoms with Gasteiger partial charge in [0.1, 0.15) is 90.5 Å². The number of aliphatic hydroxyl groups is 2. The van der Waals surface area contributed by atoms with Crippen molar-refractivity contribution in [3.8, 4) is 57.5 Å². The highest BCUT2D eigenvalue weighted by Crippen LogP contribution is 2.34. The van der Waals surface area contributed by atoms with Gasteiger partial charge in [0.25, 0.3) is 0 Å². The Morgan fingerprint density at radius 1 is 0.371 bits per heavy atom. The molecule has 132 heavy (non-hydrogen) atoms. The van der Waals surface area contributed by atoms with Gasteiger partial charge in [-0.15, -0.1) is 24.0 Å². The fraction of sp³-hybridized carbons (Fsp3) is 0.562. The number of rotatable bonds is 54. The van der Waals surface area contributed by atoms with Crippen molar-refractivity contribution >= 4 is 71.0 Å². The molecule has 5 aromatic carbocycles. The van der Waals surface area contributed by atoms with Crippen LogP contribution < -0.4 is 37.9 Å². The van der Waals surface area contributed by atoms with Gasteiger partial charge in [0.15, 0.2) is 25.2 Å². The number of hydrogen-bond donors (Lipinski definition) is 6. The molecule has 10 rings (SSSR count). The van der Waals surface area contributed by atoms with Gasteiger partial charge in [0.05, 0.1) is 169 Å². The van der Waals surface area contributed by atoms with Gasteiger partial charge in [-0.3, -0.25) is 19.2 Å². The Morgan fingerprint density at radius 2 is 0.667 bits per heavy atom. The molecule has 5 aromatic rings. The van der Waals surface area contributed by atoms with Gasteiger partial charge >= 0.3 is 23.9 Å². The molecule has 742 valence electrons. The molecule has 5 fully saturated rings. The zero-order valence-electron chi connectivity index (χ0n) is 74.8. The molecule has 3 unspecified atom stereocenters. The van der Waals surface area contributed by atoms with Gasteiger partial charge in [-0.2, -0.15) is 0 Å². The highest BCUT2D eigenvalue weighted by Gasteiger charge is 2.28. The number of aliphatic carboxylic acids is 2. The van der Waals surface area contributed by atoms with E-state index in [-0.39, 0.29) is 88.5 Å². The lowest BCUT2D eigenvalue weighted by Crippen LogP contribution is -2.24. The van der Waals surface area contributed by atoms with Crippen molar-refractivity contribution in [2.24, 2.45) is 23.7 Å². The number of hydrogen-bond acceptors (Lipinski definition) is 31. The fourth-order valence-corrected chi connectivity index (χ4v) is 12.3. The van der Waals surface area contributed by atoms with Crippen LogP contribution in [0.2, 0.25) is 0 Å². The van der Waals surface area contributed by atoms with Crippen molar-refractivity contribution in [1.82, 2.24) is 0 Å².